The first-order chi connectivity index (χ1) is 11.5. The lowest BCUT2D eigenvalue weighted by Crippen LogP contribution is -2.21. The van der Waals surface area contributed by atoms with Crippen LogP contribution in [0.15, 0.2) is 46.9 Å². The molecule has 0 heterocycles. The maximum atomic E-state index is 13.5. The smallest absolute Gasteiger partial charge is 0.310 e. The Hall–Kier alpha value is -2.41. The zero-order valence-electron chi connectivity index (χ0n) is 12.8. The summed E-state index contributed by atoms with van der Waals surface area (Å²) in [6.45, 7) is -0.409. The number of methoxy groups -OCH3 is 1. The molecule has 2 rings (SSSR count). The zero-order chi connectivity index (χ0) is 17.5. The molecule has 0 saturated carbocycles. The van der Waals surface area contributed by atoms with Gasteiger partial charge in [-0.2, -0.15) is 0 Å². The van der Waals surface area contributed by atoms with Crippen LogP contribution >= 0.6 is 15.9 Å². The van der Waals surface area contributed by atoms with Crippen molar-refractivity contribution in [2.75, 3.05) is 19.0 Å². The first-order valence-corrected chi connectivity index (χ1v) is 7.80. The SMILES string of the molecule is COc1ccc(CC(=O)OCC(=O)Nc2ccc(Br)cc2)cc1F. The Bertz CT molecular complexity index is 734. The maximum Gasteiger partial charge on any atom is 0.310 e. The molecule has 126 valence electrons. The molecule has 0 radical (unpaired) electrons. The van der Waals surface area contributed by atoms with Crippen molar-refractivity contribution in [2.24, 2.45) is 0 Å². The van der Waals surface area contributed by atoms with Crippen molar-refractivity contribution in [3.63, 3.8) is 0 Å². The number of rotatable bonds is 6. The van der Waals surface area contributed by atoms with E-state index in [4.69, 9.17) is 9.47 Å². The molecule has 5 nitrogen and oxygen atoms in total. The summed E-state index contributed by atoms with van der Waals surface area (Å²) >= 11 is 3.29. The number of amides is 1. The van der Waals surface area contributed by atoms with Crippen LogP contribution in [0.2, 0.25) is 0 Å². The summed E-state index contributed by atoms with van der Waals surface area (Å²) in [7, 11) is 1.36. The lowest BCUT2D eigenvalue weighted by molar-refractivity contribution is -0.146. The molecule has 0 saturated heterocycles. The molecule has 0 atom stereocenters. The van der Waals surface area contributed by atoms with E-state index >= 15 is 0 Å². The van der Waals surface area contributed by atoms with Crippen LogP contribution in [0.25, 0.3) is 0 Å². The molecule has 0 bridgehead atoms. The molecule has 0 aliphatic carbocycles. The predicted molar refractivity (Wildman–Crippen MR) is 90.4 cm³/mol. The van der Waals surface area contributed by atoms with Gasteiger partial charge in [0.05, 0.1) is 13.5 Å². The Balaban J connectivity index is 1.81. The van der Waals surface area contributed by atoms with E-state index in [0.717, 1.165) is 4.47 Å². The number of hydrogen-bond acceptors (Lipinski definition) is 4. The number of carbonyl (C=O) groups excluding carboxylic acids is 2. The van der Waals surface area contributed by atoms with Crippen molar-refractivity contribution in [3.8, 4) is 5.75 Å². The molecule has 0 unspecified atom stereocenters. The monoisotopic (exact) mass is 395 g/mol. The van der Waals surface area contributed by atoms with Crippen LogP contribution in [0, 0.1) is 5.82 Å². The minimum absolute atomic E-state index is 0.0981. The van der Waals surface area contributed by atoms with E-state index < -0.39 is 24.3 Å². The number of nitrogens with one attached hydrogen (secondary N) is 1. The van der Waals surface area contributed by atoms with Gasteiger partial charge >= 0.3 is 5.97 Å². The van der Waals surface area contributed by atoms with Crippen molar-refractivity contribution < 1.29 is 23.5 Å². The molecule has 7 heteroatoms. The summed E-state index contributed by atoms with van der Waals surface area (Å²) in [6.07, 6.45) is -0.132. The highest BCUT2D eigenvalue weighted by molar-refractivity contribution is 9.10. The molecule has 0 aromatic heterocycles. The summed E-state index contributed by atoms with van der Waals surface area (Å²) < 4.78 is 24.1. The summed E-state index contributed by atoms with van der Waals surface area (Å²) in [5, 5.41) is 2.60. The standard InChI is InChI=1S/C17H15BrFNO4/c1-23-15-7-2-11(8-14(15)19)9-17(22)24-10-16(21)20-13-5-3-12(18)4-6-13/h2-8H,9-10H2,1H3,(H,20,21). The zero-order valence-corrected chi connectivity index (χ0v) is 14.4. The maximum absolute atomic E-state index is 13.5. The average molecular weight is 396 g/mol. The number of benzene rings is 2. The van der Waals surface area contributed by atoms with Gasteiger partial charge in [-0.05, 0) is 42.0 Å². The minimum atomic E-state index is -0.620. The highest BCUT2D eigenvalue weighted by Crippen LogP contribution is 2.18. The van der Waals surface area contributed by atoms with Crippen molar-refractivity contribution in [1.29, 1.82) is 0 Å². The summed E-state index contributed by atoms with van der Waals surface area (Å²) in [5.74, 6) is -1.53. The van der Waals surface area contributed by atoms with Crippen LogP contribution in [0.4, 0.5) is 10.1 Å². The molecule has 2 aromatic carbocycles. The average Bonchev–Trinajstić information content (AvgIpc) is 2.55. The van der Waals surface area contributed by atoms with Crippen molar-refractivity contribution in [2.45, 2.75) is 6.42 Å². The highest BCUT2D eigenvalue weighted by Gasteiger charge is 2.11. The van der Waals surface area contributed by atoms with E-state index in [2.05, 4.69) is 21.2 Å². The fourth-order valence-corrected chi connectivity index (χ4v) is 2.18. The van der Waals surface area contributed by atoms with Gasteiger partial charge in [0, 0.05) is 10.2 Å². The number of ether oxygens (including phenoxy) is 2. The quantitative estimate of drug-likeness (QED) is 0.761. The fourth-order valence-electron chi connectivity index (χ4n) is 1.91. The third-order valence-electron chi connectivity index (χ3n) is 3.06. The molecular weight excluding hydrogens is 381 g/mol. The number of anilines is 1. The van der Waals surface area contributed by atoms with Gasteiger partial charge in [-0.1, -0.05) is 22.0 Å². The molecule has 0 spiro atoms. The predicted octanol–water partition coefficient (Wildman–Crippen LogP) is 3.32. The van der Waals surface area contributed by atoms with Gasteiger partial charge in [-0.25, -0.2) is 4.39 Å². The lowest BCUT2D eigenvalue weighted by Gasteiger charge is -2.07. The molecular formula is C17H15BrFNO4. The van der Waals surface area contributed by atoms with Crippen LogP contribution in [-0.4, -0.2) is 25.6 Å². The Labute approximate surface area is 146 Å². The second kappa shape index (κ2) is 8.44. The van der Waals surface area contributed by atoms with E-state index in [1.807, 2.05) is 0 Å². The Morgan fingerprint density at radius 3 is 2.50 bits per heavy atom. The topological polar surface area (TPSA) is 64.6 Å². The minimum Gasteiger partial charge on any atom is -0.494 e. The fraction of sp³-hybridized carbons (Fsp3) is 0.176. The van der Waals surface area contributed by atoms with E-state index in [-0.39, 0.29) is 12.2 Å². The molecule has 24 heavy (non-hydrogen) atoms. The number of halogens is 2. The molecule has 2 aromatic rings. The van der Waals surface area contributed by atoms with E-state index in [0.29, 0.717) is 11.3 Å². The number of esters is 1. The molecule has 1 amide bonds. The lowest BCUT2D eigenvalue weighted by atomic mass is 10.1. The normalized spacial score (nSPS) is 10.1. The Morgan fingerprint density at radius 1 is 1.17 bits per heavy atom. The molecule has 0 aliphatic rings. The van der Waals surface area contributed by atoms with Crippen LogP contribution in [0.5, 0.6) is 5.75 Å². The molecule has 0 fully saturated rings. The summed E-state index contributed by atoms with van der Waals surface area (Å²) in [5.41, 5.74) is 1.03. The van der Waals surface area contributed by atoms with Gasteiger partial charge in [-0.3, -0.25) is 9.59 Å². The Morgan fingerprint density at radius 2 is 1.88 bits per heavy atom. The van der Waals surface area contributed by atoms with Crippen LogP contribution in [0.3, 0.4) is 0 Å². The molecule has 1 N–H and O–H groups in total. The summed E-state index contributed by atoms with van der Waals surface area (Å²) in [4.78, 5) is 23.4. The van der Waals surface area contributed by atoms with Crippen LogP contribution in [-0.2, 0) is 20.7 Å². The van der Waals surface area contributed by atoms with E-state index in [9.17, 15) is 14.0 Å². The van der Waals surface area contributed by atoms with Crippen molar-refractivity contribution in [1.82, 2.24) is 0 Å². The summed E-state index contributed by atoms with van der Waals surface area (Å²) in [6, 6.07) is 11.2. The number of hydrogen-bond donors (Lipinski definition) is 1. The van der Waals surface area contributed by atoms with Gasteiger partial charge in [-0.15, -0.1) is 0 Å². The highest BCUT2D eigenvalue weighted by atomic mass is 79.9. The first-order valence-electron chi connectivity index (χ1n) is 7.01. The van der Waals surface area contributed by atoms with Gasteiger partial charge in [0.25, 0.3) is 5.91 Å². The van der Waals surface area contributed by atoms with Crippen molar-refractivity contribution >= 4 is 33.5 Å². The van der Waals surface area contributed by atoms with Crippen molar-refractivity contribution in [3.05, 3.63) is 58.3 Å². The van der Waals surface area contributed by atoms with Crippen LogP contribution in [0.1, 0.15) is 5.56 Å². The van der Waals surface area contributed by atoms with Gasteiger partial charge < -0.3 is 14.8 Å². The van der Waals surface area contributed by atoms with E-state index in [1.165, 1.54) is 19.2 Å². The first kappa shape index (κ1) is 17.9. The molecule has 0 aliphatic heterocycles. The van der Waals surface area contributed by atoms with Gasteiger partial charge in [0.15, 0.2) is 18.2 Å². The van der Waals surface area contributed by atoms with Gasteiger partial charge in [0.1, 0.15) is 0 Å². The number of carbonyl (C=O) groups is 2. The van der Waals surface area contributed by atoms with Crippen LogP contribution < -0.4 is 10.1 Å². The van der Waals surface area contributed by atoms with Gasteiger partial charge in [0.2, 0.25) is 0 Å². The third kappa shape index (κ3) is 5.34. The largest absolute Gasteiger partial charge is 0.494 e. The van der Waals surface area contributed by atoms with E-state index in [1.54, 1.807) is 30.3 Å². The third-order valence-corrected chi connectivity index (χ3v) is 3.59. The second-order valence-electron chi connectivity index (χ2n) is 4.86. The Kier molecular flexibility index (Phi) is 6.31. The second-order valence-corrected chi connectivity index (χ2v) is 5.78.